The van der Waals surface area contributed by atoms with Crippen molar-refractivity contribution in [1.29, 1.82) is 0 Å². The Balaban J connectivity index is 0.980. The largest absolute Gasteiger partial charge is 0.497 e. The van der Waals surface area contributed by atoms with Gasteiger partial charge in [0.05, 0.1) is 58.6 Å². The van der Waals surface area contributed by atoms with E-state index >= 15 is 0 Å². The number of hydrogen-bond donors (Lipinski definition) is 4. The fraction of sp³-hybridized carbons (Fsp3) is 0.714. The average Bonchev–Trinajstić information content (AvgIpc) is 3.63. The number of carbonyl (C=O) groups is 4. The van der Waals surface area contributed by atoms with Crippen LogP contribution in [0.25, 0.3) is 0 Å². The second kappa shape index (κ2) is 24.3. The summed E-state index contributed by atoms with van der Waals surface area (Å²) in [5, 5.41) is 12.0. The maximum absolute atomic E-state index is 12.1. The van der Waals surface area contributed by atoms with Gasteiger partial charge in [-0.3, -0.25) is 14.4 Å². The number of thioether (sulfide) groups is 1. The quantitative estimate of drug-likeness (QED) is 0.0561. The van der Waals surface area contributed by atoms with Crippen molar-refractivity contribution >= 4 is 41.1 Å². The summed E-state index contributed by atoms with van der Waals surface area (Å²) < 4.78 is 21.8. The number of hydrogen-bond acceptors (Lipinski definition) is 9. The summed E-state index contributed by atoms with van der Waals surface area (Å²) in [6.07, 6.45) is 11.0. The van der Waals surface area contributed by atoms with E-state index in [1.54, 1.807) is 31.4 Å². The number of anilines is 1. The van der Waals surface area contributed by atoms with Gasteiger partial charge in [-0.15, -0.1) is 0 Å². The minimum absolute atomic E-state index is 0.0269. The second-order valence-corrected chi connectivity index (χ2v) is 13.5. The zero-order valence-electron chi connectivity index (χ0n) is 28.6. The zero-order chi connectivity index (χ0) is 34.2. The van der Waals surface area contributed by atoms with E-state index in [0.29, 0.717) is 69.1 Å². The third kappa shape index (κ3) is 17.0. The summed E-state index contributed by atoms with van der Waals surface area (Å²) in [6, 6.07) is 7.50. The smallest absolute Gasteiger partial charge is 0.315 e. The number of unbranched alkanes of at least 4 members (excludes halogenated alkanes) is 7. The normalized spacial score (nSPS) is 18.2. The number of nitrogens with one attached hydrogen (secondary N) is 4. The standard InChI is InChI=1S/C35H56N4O8S/c1-44-29-14-11-12-27(24-29)37-33(42)25-28(40)13-7-5-3-2-4-6-10-18-45-20-22-47-23-21-46-19-17-36-32(41)16-9-8-15-31-34-30(26-48-31)38-35(43)39-34/h11-12,14,24,30-31,34H,2-10,13,15-23,25-26H2,1H3,(H,36,41)(H,37,42)(H2,38,39,43)/t30-,31-,34-/m0/s1. The molecule has 1 aromatic rings. The third-order valence-corrected chi connectivity index (χ3v) is 9.86. The van der Waals surface area contributed by atoms with E-state index < -0.39 is 0 Å². The van der Waals surface area contributed by atoms with E-state index in [4.69, 9.17) is 18.9 Å². The third-order valence-electron chi connectivity index (χ3n) is 8.35. The first-order valence-corrected chi connectivity index (χ1v) is 18.6. The lowest BCUT2D eigenvalue weighted by Gasteiger charge is -2.16. The van der Waals surface area contributed by atoms with Crippen LogP contribution in [-0.4, -0.2) is 100 Å². The van der Waals surface area contributed by atoms with Gasteiger partial charge in [0.2, 0.25) is 11.8 Å². The molecule has 0 saturated carbocycles. The molecule has 0 radical (unpaired) electrons. The molecule has 4 amide bonds. The van der Waals surface area contributed by atoms with Gasteiger partial charge >= 0.3 is 6.03 Å². The summed E-state index contributed by atoms with van der Waals surface area (Å²) in [7, 11) is 1.57. The van der Waals surface area contributed by atoms with Gasteiger partial charge in [0.1, 0.15) is 11.5 Å². The molecule has 48 heavy (non-hydrogen) atoms. The van der Waals surface area contributed by atoms with Gasteiger partial charge in [0, 0.05) is 48.7 Å². The summed E-state index contributed by atoms with van der Waals surface area (Å²) in [6.45, 7) is 3.75. The molecule has 0 aromatic heterocycles. The van der Waals surface area contributed by atoms with Crippen LogP contribution in [0.3, 0.4) is 0 Å². The van der Waals surface area contributed by atoms with Crippen molar-refractivity contribution in [1.82, 2.24) is 16.0 Å². The molecule has 2 fully saturated rings. The molecule has 0 spiro atoms. The number of carbonyl (C=O) groups excluding carboxylic acids is 4. The van der Waals surface area contributed by atoms with Gasteiger partial charge < -0.3 is 40.2 Å². The minimum Gasteiger partial charge on any atom is -0.497 e. The fourth-order valence-corrected chi connectivity index (χ4v) is 7.29. The number of Topliss-reactive ketones (excluding diaryl/α,β-unsaturated/α-hetero) is 1. The highest BCUT2D eigenvalue weighted by molar-refractivity contribution is 8.00. The second-order valence-electron chi connectivity index (χ2n) is 12.3. The van der Waals surface area contributed by atoms with Crippen molar-refractivity contribution in [3.05, 3.63) is 24.3 Å². The van der Waals surface area contributed by atoms with E-state index in [1.807, 2.05) is 11.8 Å². The van der Waals surface area contributed by atoms with Crippen LogP contribution in [0.5, 0.6) is 5.75 Å². The van der Waals surface area contributed by atoms with E-state index in [1.165, 1.54) is 0 Å². The monoisotopic (exact) mass is 692 g/mol. The fourth-order valence-electron chi connectivity index (χ4n) is 5.75. The van der Waals surface area contributed by atoms with Crippen LogP contribution in [-0.2, 0) is 28.6 Å². The first-order valence-electron chi connectivity index (χ1n) is 17.6. The molecule has 2 aliphatic rings. The van der Waals surface area contributed by atoms with Crippen LogP contribution in [0, 0.1) is 0 Å². The van der Waals surface area contributed by atoms with Gasteiger partial charge in [-0.1, -0.05) is 44.6 Å². The maximum atomic E-state index is 12.1. The first-order chi connectivity index (χ1) is 23.4. The highest BCUT2D eigenvalue weighted by atomic mass is 32.2. The molecule has 1 aromatic carbocycles. The van der Waals surface area contributed by atoms with Crippen LogP contribution in [0.2, 0.25) is 0 Å². The molecule has 0 unspecified atom stereocenters. The van der Waals surface area contributed by atoms with Crippen molar-refractivity contribution in [2.45, 2.75) is 101 Å². The number of urea groups is 1. The van der Waals surface area contributed by atoms with Crippen molar-refractivity contribution in [2.24, 2.45) is 0 Å². The molecule has 4 N–H and O–H groups in total. The first kappa shape index (κ1) is 39.6. The highest BCUT2D eigenvalue weighted by Gasteiger charge is 2.42. The van der Waals surface area contributed by atoms with Crippen molar-refractivity contribution in [3.63, 3.8) is 0 Å². The Bertz CT molecular complexity index is 1110. The van der Waals surface area contributed by atoms with Crippen LogP contribution in [0.4, 0.5) is 10.5 Å². The highest BCUT2D eigenvalue weighted by Crippen LogP contribution is 2.33. The number of amides is 4. The van der Waals surface area contributed by atoms with E-state index in [9.17, 15) is 19.2 Å². The maximum Gasteiger partial charge on any atom is 0.315 e. The molecular weight excluding hydrogens is 636 g/mol. The predicted molar refractivity (Wildman–Crippen MR) is 188 cm³/mol. The lowest BCUT2D eigenvalue weighted by atomic mass is 10.0. The summed E-state index contributed by atoms with van der Waals surface area (Å²) in [4.78, 5) is 47.7. The van der Waals surface area contributed by atoms with E-state index in [0.717, 1.165) is 76.6 Å². The van der Waals surface area contributed by atoms with E-state index in [-0.39, 0.29) is 42.1 Å². The Hall–Kier alpha value is -2.87. The SMILES string of the molecule is COc1cccc(NC(=O)CC(=O)CCCCCCCCCOCCOCCOCCNC(=O)CCCC[C@@H]2SC[C@@H]3NC(=O)N[C@@H]32)c1. The molecular formula is C35H56N4O8S. The Kier molecular flexibility index (Phi) is 20.0. The Labute approximate surface area is 289 Å². The van der Waals surface area contributed by atoms with Gasteiger partial charge in [-0.2, -0.15) is 11.8 Å². The number of ether oxygens (including phenoxy) is 4. The van der Waals surface area contributed by atoms with Gasteiger partial charge in [0.25, 0.3) is 0 Å². The molecule has 270 valence electrons. The summed E-state index contributed by atoms with van der Waals surface area (Å²) >= 11 is 1.90. The molecule has 2 saturated heterocycles. The zero-order valence-corrected chi connectivity index (χ0v) is 29.4. The number of fused-ring (bicyclic) bond motifs is 1. The number of rotatable bonds is 28. The van der Waals surface area contributed by atoms with Crippen LogP contribution in [0.1, 0.15) is 83.5 Å². The number of methoxy groups -OCH3 is 1. The van der Waals surface area contributed by atoms with Crippen LogP contribution >= 0.6 is 11.8 Å². The van der Waals surface area contributed by atoms with Crippen molar-refractivity contribution < 1.29 is 38.1 Å². The molecule has 0 aliphatic carbocycles. The number of ketones is 1. The summed E-state index contributed by atoms with van der Waals surface area (Å²) in [5.41, 5.74) is 0.625. The predicted octanol–water partition coefficient (Wildman–Crippen LogP) is 4.61. The van der Waals surface area contributed by atoms with E-state index in [2.05, 4.69) is 21.3 Å². The minimum atomic E-state index is -0.290. The summed E-state index contributed by atoms with van der Waals surface area (Å²) in [5.74, 6) is 1.35. The van der Waals surface area contributed by atoms with Gasteiger partial charge in [-0.05, 0) is 37.8 Å². The molecule has 3 atom stereocenters. The lowest BCUT2D eigenvalue weighted by Crippen LogP contribution is -2.36. The number of benzene rings is 1. The van der Waals surface area contributed by atoms with Crippen LogP contribution < -0.4 is 26.0 Å². The molecule has 12 nitrogen and oxygen atoms in total. The topological polar surface area (TPSA) is 153 Å². The molecule has 0 bridgehead atoms. The molecule has 2 aliphatic heterocycles. The molecule has 3 rings (SSSR count). The molecule has 13 heteroatoms. The van der Waals surface area contributed by atoms with Crippen LogP contribution in [0.15, 0.2) is 24.3 Å². The Morgan fingerprint density at radius 3 is 2.27 bits per heavy atom. The van der Waals surface area contributed by atoms with Crippen molar-refractivity contribution in [3.8, 4) is 5.75 Å². The Morgan fingerprint density at radius 1 is 0.812 bits per heavy atom. The van der Waals surface area contributed by atoms with Gasteiger partial charge in [-0.25, -0.2) is 4.79 Å². The van der Waals surface area contributed by atoms with Crippen molar-refractivity contribution in [2.75, 3.05) is 64.4 Å². The lowest BCUT2D eigenvalue weighted by molar-refractivity contribution is -0.125. The molecule has 2 heterocycles. The van der Waals surface area contributed by atoms with Gasteiger partial charge in [0.15, 0.2) is 0 Å². The average molecular weight is 693 g/mol. The Morgan fingerprint density at radius 2 is 1.50 bits per heavy atom.